The predicted molar refractivity (Wildman–Crippen MR) is 67.4 cm³/mol. The van der Waals surface area contributed by atoms with E-state index in [1.165, 1.54) is 14.2 Å². The maximum atomic E-state index is 14.4. The summed E-state index contributed by atoms with van der Waals surface area (Å²) in [5.74, 6) is 0.445. The molecular weight excluding hydrogens is 289 g/mol. The van der Waals surface area contributed by atoms with Crippen LogP contribution in [0.4, 0.5) is 4.39 Å². The normalized spacial score (nSPS) is 19.4. The molecule has 2 rings (SSSR count). The van der Waals surface area contributed by atoms with Crippen LogP contribution in [0.3, 0.4) is 0 Å². The van der Waals surface area contributed by atoms with Crippen molar-refractivity contribution >= 4 is 15.9 Å². The summed E-state index contributed by atoms with van der Waals surface area (Å²) in [5, 5.41) is 3.23. The largest absolute Gasteiger partial charge is 0.493 e. The highest BCUT2D eigenvalue weighted by atomic mass is 79.9. The third-order valence-corrected chi connectivity index (χ3v) is 3.72. The standard InChI is InChI=1S/C12H15BrFNO2/c1-16-9-5-8(13)10(7-3-4-15-6-7)11(14)12(9)17-2/h5,7,15H,3-4,6H2,1-2H3. The third kappa shape index (κ3) is 2.26. The van der Waals surface area contributed by atoms with Crippen molar-refractivity contribution in [2.24, 2.45) is 0 Å². The number of benzene rings is 1. The van der Waals surface area contributed by atoms with Crippen molar-refractivity contribution in [1.82, 2.24) is 5.32 Å². The highest BCUT2D eigenvalue weighted by Gasteiger charge is 2.27. The van der Waals surface area contributed by atoms with Crippen LogP contribution in [-0.2, 0) is 0 Å². The van der Waals surface area contributed by atoms with Crippen LogP contribution in [0.2, 0.25) is 0 Å². The van der Waals surface area contributed by atoms with Crippen molar-refractivity contribution in [3.63, 3.8) is 0 Å². The summed E-state index contributed by atoms with van der Waals surface area (Å²) in [6, 6.07) is 1.76. The van der Waals surface area contributed by atoms with E-state index < -0.39 is 0 Å². The van der Waals surface area contributed by atoms with Crippen LogP contribution >= 0.6 is 15.9 Å². The molecule has 1 atom stereocenters. The lowest BCUT2D eigenvalue weighted by atomic mass is 9.97. The fourth-order valence-electron chi connectivity index (χ4n) is 2.21. The van der Waals surface area contributed by atoms with Crippen molar-refractivity contribution in [3.05, 3.63) is 21.9 Å². The lowest BCUT2D eigenvalue weighted by Gasteiger charge is -2.17. The molecule has 0 saturated carbocycles. The quantitative estimate of drug-likeness (QED) is 0.931. The molecule has 94 valence electrons. The Morgan fingerprint density at radius 3 is 2.71 bits per heavy atom. The van der Waals surface area contributed by atoms with Crippen molar-refractivity contribution in [2.75, 3.05) is 27.3 Å². The first-order valence-corrected chi connectivity index (χ1v) is 6.29. The maximum Gasteiger partial charge on any atom is 0.197 e. The predicted octanol–water partition coefficient (Wildman–Crippen LogP) is 2.68. The van der Waals surface area contributed by atoms with Crippen LogP contribution < -0.4 is 14.8 Å². The number of hydrogen-bond donors (Lipinski definition) is 1. The first kappa shape index (κ1) is 12.6. The first-order chi connectivity index (χ1) is 8.19. The minimum Gasteiger partial charge on any atom is -0.493 e. The molecule has 1 fully saturated rings. The third-order valence-electron chi connectivity index (χ3n) is 3.07. The molecule has 1 aromatic rings. The van der Waals surface area contributed by atoms with E-state index in [2.05, 4.69) is 21.2 Å². The number of rotatable bonds is 3. The molecule has 0 spiro atoms. The van der Waals surface area contributed by atoms with Crippen LogP contribution in [0.25, 0.3) is 0 Å². The SMILES string of the molecule is COc1cc(Br)c(C2CCNC2)c(F)c1OC. The lowest BCUT2D eigenvalue weighted by molar-refractivity contribution is 0.334. The second-order valence-electron chi connectivity index (χ2n) is 4.01. The average molecular weight is 304 g/mol. The van der Waals surface area contributed by atoms with Gasteiger partial charge in [-0.05, 0) is 19.0 Å². The van der Waals surface area contributed by atoms with Crippen LogP contribution in [-0.4, -0.2) is 27.3 Å². The van der Waals surface area contributed by atoms with Crippen molar-refractivity contribution in [1.29, 1.82) is 0 Å². The van der Waals surface area contributed by atoms with Crippen molar-refractivity contribution < 1.29 is 13.9 Å². The molecule has 1 N–H and O–H groups in total. The number of nitrogens with one attached hydrogen (secondary N) is 1. The Labute approximate surface area is 108 Å². The van der Waals surface area contributed by atoms with Gasteiger partial charge in [0.1, 0.15) is 0 Å². The molecule has 3 nitrogen and oxygen atoms in total. The summed E-state index contributed by atoms with van der Waals surface area (Å²) < 4.78 is 25.3. The van der Waals surface area contributed by atoms with E-state index in [1.807, 2.05) is 0 Å². The molecule has 1 aliphatic rings. The Hall–Kier alpha value is -0.810. The smallest absolute Gasteiger partial charge is 0.197 e. The monoisotopic (exact) mass is 303 g/mol. The van der Waals surface area contributed by atoms with Gasteiger partial charge < -0.3 is 14.8 Å². The average Bonchev–Trinajstić information content (AvgIpc) is 2.82. The van der Waals surface area contributed by atoms with Gasteiger partial charge in [0.2, 0.25) is 0 Å². The highest BCUT2D eigenvalue weighted by Crippen LogP contribution is 2.41. The minimum atomic E-state index is -0.326. The summed E-state index contributed by atoms with van der Waals surface area (Å²) in [4.78, 5) is 0. The summed E-state index contributed by atoms with van der Waals surface area (Å²) in [6.45, 7) is 1.72. The molecule has 0 aromatic heterocycles. The molecule has 0 amide bonds. The van der Waals surface area contributed by atoms with Gasteiger partial charge >= 0.3 is 0 Å². The molecule has 0 radical (unpaired) electrons. The van der Waals surface area contributed by atoms with Crippen molar-refractivity contribution in [2.45, 2.75) is 12.3 Å². The van der Waals surface area contributed by atoms with E-state index in [4.69, 9.17) is 9.47 Å². The summed E-state index contributed by atoms with van der Waals surface area (Å²) in [6.07, 6.45) is 0.936. The molecule has 1 unspecified atom stereocenters. The number of halogens is 2. The topological polar surface area (TPSA) is 30.5 Å². The Morgan fingerprint density at radius 1 is 1.41 bits per heavy atom. The van der Waals surface area contributed by atoms with E-state index >= 15 is 0 Å². The first-order valence-electron chi connectivity index (χ1n) is 5.49. The fourth-order valence-corrected chi connectivity index (χ4v) is 2.92. The van der Waals surface area contributed by atoms with Gasteiger partial charge in [-0.15, -0.1) is 0 Å². The highest BCUT2D eigenvalue weighted by molar-refractivity contribution is 9.10. The van der Waals surface area contributed by atoms with Crippen molar-refractivity contribution in [3.8, 4) is 11.5 Å². The zero-order valence-corrected chi connectivity index (χ0v) is 11.4. The van der Waals surface area contributed by atoms with Crippen LogP contribution in [0, 0.1) is 5.82 Å². The molecule has 5 heteroatoms. The summed E-state index contributed by atoms with van der Waals surface area (Å²) in [7, 11) is 2.95. The zero-order valence-electron chi connectivity index (χ0n) is 9.85. The second kappa shape index (κ2) is 5.23. The molecule has 1 heterocycles. The van der Waals surface area contributed by atoms with E-state index in [1.54, 1.807) is 6.07 Å². The van der Waals surface area contributed by atoms with Gasteiger partial charge in [0.05, 0.1) is 14.2 Å². The van der Waals surface area contributed by atoms with Gasteiger partial charge in [-0.3, -0.25) is 0 Å². The Morgan fingerprint density at radius 2 is 2.18 bits per heavy atom. The fraction of sp³-hybridized carbons (Fsp3) is 0.500. The second-order valence-corrected chi connectivity index (χ2v) is 4.87. The lowest BCUT2D eigenvalue weighted by Crippen LogP contribution is -2.10. The molecule has 1 aromatic carbocycles. The van der Waals surface area contributed by atoms with E-state index in [-0.39, 0.29) is 17.5 Å². The molecule has 1 aliphatic heterocycles. The number of hydrogen-bond acceptors (Lipinski definition) is 3. The zero-order chi connectivity index (χ0) is 12.4. The van der Waals surface area contributed by atoms with E-state index in [0.717, 1.165) is 24.0 Å². The molecule has 1 saturated heterocycles. The van der Waals surface area contributed by atoms with Crippen LogP contribution in [0.5, 0.6) is 11.5 Å². The summed E-state index contributed by atoms with van der Waals surface area (Å²) >= 11 is 3.41. The summed E-state index contributed by atoms with van der Waals surface area (Å²) in [5.41, 5.74) is 0.674. The molecule has 0 bridgehead atoms. The van der Waals surface area contributed by atoms with Gasteiger partial charge in [0.15, 0.2) is 17.3 Å². The minimum absolute atomic E-state index is 0.178. The van der Waals surface area contributed by atoms with Gasteiger partial charge in [-0.2, -0.15) is 0 Å². The van der Waals surface area contributed by atoms with Crippen LogP contribution in [0.15, 0.2) is 10.5 Å². The Kier molecular flexibility index (Phi) is 3.89. The van der Waals surface area contributed by atoms with Gasteiger partial charge in [0, 0.05) is 22.5 Å². The molecular formula is C12H15BrFNO2. The van der Waals surface area contributed by atoms with E-state index in [0.29, 0.717) is 11.3 Å². The van der Waals surface area contributed by atoms with Gasteiger partial charge in [0.25, 0.3) is 0 Å². The molecule has 17 heavy (non-hydrogen) atoms. The van der Waals surface area contributed by atoms with Gasteiger partial charge in [-0.25, -0.2) is 4.39 Å². The number of ether oxygens (including phenoxy) is 2. The number of methoxy groups -OCH3 is 2. The maximum absolute atomic E-state index is 14.4. The van der Waals surface area contributed by atoms with E-state index in [9.17, 15) is 4.39 Å². The molecule has 0 aliphatic carbocycles. The van der Waals surface area contributed by atoms with Crippen LogP contribution in [0.1, 0.15) is 17.9 Å². The Bertz CT molecular complexity index is 419. The van der Waals surface area contributed by atoms with Gasteiger partial charge in [-0.1, -0.05) is 15.9 Å². The Balaban J connectivity index is 2.51.